The van der Waals surface area contributed by atoms with Gasteiger partial charge in [-0.25, -0.2) is 4.39 Å². The van der Waals surface area contributed by atoms with E-state index in [4.69, 9.17) is 10.2 Å². The summed E-state index contributed by atoms with van der Waals surface area (Å²) >= 11 is 0. The first-order valence-corrected chi connectivity index (χ1v) is 6.07. The second-order valence-corrected chi connectivity index (χ2v) is 4.64. The third-order valence-corrected chi connectivity index (χ3v) is 3.14. The summed E-state index contributed by atoms with van der Waals surface area (Å²) in [4.78, 5) is 0. The van der Waals surface area contributed by atoms with E-state index in [0.29, 0.717) is 0 Å². The summed E-state index contributed by atoms with van der Waals surface area (Å²) in [6.45, 7) is 0.637. The highest BCUT2D eigenvalue weighted by Crippen LogP contribution is 2.25. The Bertz CT molecular complexity index is 441. The molecular formula is C13H19FO6. The normalized spacial score (nSPS) is 19.2. The Balaban J connectivity index is 2.91. The van der Waals surface area contributed by atoms with Crippen molar-refractivity contribution in [1.29, 1.82) is 0 Å². The first-order valence-electron chi connectivity index (χ1n) is 6.07. The summed E-state index contributed by atoms with van der Waals surface area (Å²) in [5.41, 5.74) is 0.0152. The molecule has 1 rings (SSSR count). The van der Waals surface area contributed by atoms with Gasteiger partial charge in [-0.1, -0.05) is 18.2 Å². The van der Waals surface area contributed by atoms with Crippen LogP contribution in [0.3, 0.4) is 0 Å². The highest BCUT2D eigenvalue weighted by Gasteiger charge is 2.35. The van der Waals surface area contributed by atoms with Gasteiger partial charge in [0.25, 0.3) is 0 Å². The summed E-state index contributed by atoms with van der Waals surface area (Å²) in [5.74, 6) is -0.733. The van der Waals surface area contributed by atoms with Gasteiger partial charge in [-0.2, -0.15) is 0 Å². The minimum Gasteiger partial charge on any atom is -0.394 e. The molecule has 0 aliphatic heterocycles. The number of benzene rings is 1. The molecule has 0 spiro atoms. The average Bonchev–Trinajstić information content (AvgIpc) is 2.46. The van der Waals surface area contributed by atoms with Crippen LogP contribution >= 0.6 is 0 Å². The van der Waals surface area contributed by atoms with Crippen LogP contribution in [0.1, 0.15) is 17.2 Å². The molecule has 20 heavy (non-hydrogen) atoms. The number of hydrogen-bond donors (Lipinski definition) is 6. The lowest BCUT2D eigenvalue weighted by Gasteiger charge is -2.28. The fraction of sp³-hybridized carbons (Fsp3) is 0.538. The number of aliphatic hydroxyl groups excluding tert-OH is 6. The lowest BCUT2D eigenvalue weighted by Crippen LogP contribution is -2.47. The van der Waals surface area contributed by atoms with Gasteiger partial charge in [-0.15, -0.1) is 0 Å². The van der Waals surface area contributed by atoms with Crippen LogP contribution < -0.4 is 0 Å². The van der Waals surface area contributed by atoms with Crippen LogP contribution in [-0.2, 0) is 0 Å². The molecule has 0 radical (unpaired) electrons. The van der Waals surface area contributed by atoms with Gasteiger partial charge >= 0.3 is 0 Å². The van der Waals surface area contributed by atoms with Crippen LogP contribution in [0.4, 0.5) is 4.39 Å². The molecule has 0 bridgehead atoms. The van der Waals surface area contributed by atoms with Gasteiger partial charge in [0, 0.05) is 5.56 Å². The smallest absolute Gasteiger partial charge is 0.132 e. The molecule has 7 heteroatoms. The molecule has 5 atom stereocenters. The Morgan fingerprint density at radius 3 is 2.15 bits per heavy atom. The van der Waals surface area contributed by atoms with Crippen molar-refractivity contribution in [3.8, 4) is 0 Å². The molecule has 6 N–H and O–H groups in total. The van der Waals surface area contributed by atoms with Gasteiger partial charge in [-0.3, -0.25) is 0 Å². The van der Waals surface area contributed by atoms with Crippen LogP contribution in [0, 0.1) is 12.7 Å². The van der Waals surface area contributed by atoms with E-state index < -0.39 is 42.9 Å². The van der Waals surface area contributed by atoms with E-state index in [0.717, 1.165) is 0 Å². The predicted molar refractivity (Wildman–Crippen MR) is 67.2 cm³/mol. The number of hydrogen-bond acceptors (Lipinski definition) is 6. The molecule has 114 valence electrons. The van der Waals surface area contributed by atoms with Gasteiger partial charge in [0.05, 0.1) is 6.61 Å². The number of aryl methyl sites for hydroxylation is 1. The maximum atomic E-state index is 13.8. The second-order valence-electron chi connectivity index (χ2n) is 4.64. The zero-order valence-corrected chi connectivity index (χ0v) is 10.9. The molecule has 0 aliphatic carbocycles. The van der Waals surface area contributed by atoms with E-state index in [2.05, 4.69) is 0 Å². The minimum absolute atomic E-state index is 0.234. The van der Waals surface area contributed by atoms with Crippen molar-refractivity contribution in [2.45, 2.75) is 37.4 Å². The van der Waals surface area contributed by atoms with Crippen molar-refractivity contribution >= 4 is 0 Å². The summed E-state index contributed by atoms with van der Waals surface area (Å²) in [6.07, 6.45) is -9.23. The van der Waals surface area contributed by atoms with Crippen molar-refractivity contribution in [2.75, 3.05) is 6.61 Å². The molecule has 0 aromatic heterocycles. The zero-order valence-electron chi connectivity index (χ0n) is 10.9. The van der Waals surface area contributed by atoms with E-state index in [1.165, 1.54) is 25.1 Å². The largest absolute Gasteiger partial charge is 0.394 e. The zero-order chi connectivity index (χ0) is 15.4. The molecule has 6 nitrogen and oxygen atoms in total. The minimum atomic E-state index is -1.95. The van der Waals surface area contributed by atoms with Gasteiger partial charge < -0.3 is 30.6 Å². The Kier molecular flexibility index (Phi) is 6.00. The molecule has 1 unspecified atom stereocenters. The van der Waals surface area contributed by atoms with Crippen LogP contribution in [0.25, 0.3) is 0 Å². The van der Waals surface area contributed by atoms with Crippen LogP contribution in [0.15, 0.2) is 18.2 Å². The molecule has 0 amide bonds. The fourth-order valence-corrected chi connectivity index (χ4v) is 1.81. The Morgan fingerprint density at radius 2 is 1.60 bits per heavy atom. The van der Waals surface area contributed by atoms with Crippen LogP contribution in [0.5, 0.6) is 0 Å². The standard InChI is InChI=1S/C13H19FO6/c1-6-3-2-4-7(9(6)14)10(17)12(19)13(20)11(18)8(16)5-15/h2-4,8,10-13,15-20H,5H2,1H3/t8-,10?,11-,12+,13+/m1/s1. The van der Waals surface area contributed by atoms with Crippen molar-refractivity contribution in [3.63, 3.8) is 0 Å². The topological polar surface area (TPSA) is 121 Å². The molecular weight excluding hydrogens is 271 g/mol. The quantitative estimate of drug-likeness (QED) is 0.383. The van der Waals surface area contributed by atoms with Gasteiger partial charge in [0.2, 0.25) is 0 Å². The third-order valence-electron chi connectivity index (χ3n) is 3.14. The Morgan fingerprint density at radius 1 is 1.00 bits per heavy atom. The van der Waals surface area contributed by atoms with E-state index in [9.17, 15) is 24.8 Å². The molecule has 0 fully saturated rings. The third kappa shape index (κ3) is 3.51. The molecule has 0 saturated carbocycles. The first-order chi connectivity index (χ1) is 9.31. The van der Waals surface area contributed by atoms with Gasteiger partial charge in [-0.05, 0) is 12.5 Å². The lowest BCUT2D eigenvalue weighted by molar-refractivity contribution is -0.141. The SMILES string of the molecule is Cc1cccc(C(O)[C@H](O)[C@@H](O)[C@H](O)[C@H](O)CO)c1F. The molecule has 0 aliphatic rings. The van der Waals surface area contributed by atoms with Crippen LogP contribution in [0.2, 0.25) is 0 Å². The molecule has 0 heterocycles. The maximum Gasteiger partial charge on any atom is 0.132 e. The van der Waals surface area contributed by atoms with Crippen LogP contribution in [-0.4, -0.2) is 61.7 Å². The predicted octanol–water partition coefficient (Wildman–Crippen LogP) is -1.40. The first kappa shape index (κ1) is 17.0. The number of aliphatic hydroxyl groups is 6. The average molecular weight is 290 g/mol. The van der Waals surface area contributed by atoms with E-state index in [1.54, 1.807) is 0 Å². The number of rotatable bonds is 6. The second kappa shape index (κ2) is 7.07. The molecule has 0 saturated heterocycles. The number of halogens is 1. The molecule has 1 aromatic carbocycles. The monoisotopic (exact) mass is 290 g/mol. The van der Waals surface area contributed by atoms with E-state index >= 15 is 0 Å². The summed E-state index contributed by atoms with van der Waals surface area (Å²) in [6, 6.07) is 4.17. The highest BCUT2D eigenvalue weighted by molar-refractivity contribution is 5.27. The van der Waals surface area contributed by atoms with Crippen molar-refractivity contribution in [2.24, 2.45) is 0 Å². The van der Waals surface area contributed by atoms with E-state index in [1.807, 2.05) is 0 Å². The highest BCUT2D eigenvalue weighted by atomic mass is 19.1. The summed E-state index contributed by atoms with van der Waals surface area (Å²) < 4.78 is 13.8. The Hall–Kier alpha value is -1.09. The fourth-order valence-electron chi connectivity index (χ4n) is 1.81. The summed E-state index contributed by atoms with van der Waals surface area (Å²) in [7, 11) is 0. The lowest BCUT2D eigenvalue weighted by atomic mass is 9.94. The van der Waals surface area contributed by atoms with Crippen molar-refractivity contribution in [1.82, 2.24) is 0 Å². The van der Waals surface area contributed by atoms with Crippen molar-refractivity contribution in [3.05, 3.63) is 35.1 Å². The van der Waals surface area contributed by atoms with Gasteiger partial charge in [0.1, 0.15) is 36.3 Å². The molecule has 1 aromatic rings. The maximum absolute atomic E-state index is 13.8. The summed E-state index contributed by atoms with van der Waals surface area (Å²) in [5, 5.41) is 56.5. The van der Waals surface area contributed by atoms with Crippen molar-refractivity contribution < 1.29 is 35.0 Å². The Labute approximate surface area is 115 Å². The van der Waals surface area contributed by atoms with Gasteiger partial charge in [0.15, 0.2) is 0 Å². The van der Waals surface area contributed by atoms with E-state index in [-0.39, 0.29) is 11.1 Å².